The van der Waals surface area contributed by atoms with Crippen LogP contribution in [-0.2, 0) is 6.54 Å². The maximum atomic E-state index is 9.44. The smallest absolute Gasteiger partial charge is 0.129 e. The van der Waals surface area contributed by atoms with E-state index in [1.165, 1.54) is 9.13 Å². The SMILES string of the molecule is Cc1c(I)cccc1NCc1ccc(O)c(Br)c1. The van der Waals surface area contributed by atoms with Gasteiger partial charge in [0, 0.05) is 15.8 Å². The average molecular weight is 418 g/mol. The number of halogens is 2. The lowest BCUT2D eigenvalue weighted by Crippen LogP contribution is -2.01. The summed E-state index contributed by atoms with van der Waals surface area (Å²) >= 11 is 5.65. The molecule has 2 aromatic carbocycles. The molecule has 0 atom stereocenters. The van der Waals surface area contributed by atoms with Crippen LogP contribution < -0.4 is 5.32 Å². The first-order chi connectivity index (χ1) is 8.58. The summed E-state index contributed by atoms with van der Waals surface area (Å²) in [5, 5.41) is 12.9. The molecule has 0 unspecified atom stereocenters. The van der Waals surface area contributed by atoms with Gasteiger partial charge in [-0.05, 0) is 80.8 Å². The molecule has 2 rings (SSSR count). The Balaban J connectivity index is 2.11. The van der Waals surface area contributed by atoms with Crippen LogP contribution in [0.5, 0.6) is 5.75 Å². The highest BCUT2D eigenvalue weighted by atomic mass is 127. The van der Waals surface area contributed by atoms with Gasteiger partial charge in [-0.1, -0.05) is 12.1 Å². The summed E-state index contributed by atoms with van der Waals surface area (Å²) in [5.74, 6) is 0.268. The molecule has 18 heavy (non-hydrogen) atoms. The molecule has 0 aliphatic carbocycles. The van der Waals surface area contributed by atoms with Gasteiger partial charge in [-0.3, -0.25) is 0 Å². The molecule has 0 heterocycles. The summed E-state index contributed by atoms with van der Waals surface area (Å²) in [7, 11) is 0. The molecule has 0 spiro atoms. The van der Waals surface area contributed by atoms with Crippen molar-refractivity contribution in [3.05, 3.63) is 55.6 Å². The van der Waals surface area contributed by atoms with Gasteiger partial charge in [0.05, 0.1) is 4.47 Å². The number of phenols is 1. The van der Waals surface area contributed by atoms with Crippen molar-refractivity contribution >= 4 is 44.2 Å². The minimum atomic E-state index is 0.268. The lowest BCUT2D eigenvalue weighted by atomic mass is 10.1. The van der Waals surface area contributed by atoms with Crippen LogP contribution in [-0.4, -0.2) is 5.11 Å². The van der Waals surface area contributed by atoms with E-state index in [1.807, 2.05) is 18.2 Å². The normalized spacial score (nSPS) is 10.4. The molecular weight excluding hydrogens is 405 g/mol. The fourth-order valence-electron chi connectivity index (χ4n) is 1.66. The van der Waals surface area contributed by atoms with Crippen molar-refractivity contribution in [2.45, 2.75) is 13.5 Å². The molecule has 0 aliphatic heterocycles. The highest BCUT2D eigenvalue weighted by Gasteiger charge is 2.03. The van der Waals surface area contributed by atoms with Gasteiger partial charge >= 0.3 is 0 Å². The van der Waals surface area contributed by atoms with Gasteiger partial charge in [0.1, 0.15) is 5.75 Å². The Labute approximate surface area is 129 Å². The van der Waals surface area contributed by atoms with Gasteiger partial charge in [-0.15, -0.1) is 0 Å². The first-order valence-corrected chi connectivity index (χ1v) is 7.41. The van der Waals surface area contributed by atoms with Crippen LogP contribution >= 0.6 is 38.5 Å². The van der Waals surface area contributed by atoms with E-state index in [2.05, 4.69) is 62.9 Å². The van der Waals surface area contributed by atoms with Crippen molar-refractivity contribution < 1.29 is 5.11 Å². The molecule has 0 saturated carbocycles. The third-order valence-electron chi connectivity index (χ3n) is 2.76. The van der Waals surface area contributed by atoms with E-state index in [-0.39, 0.29) is 5.75 Å². The predicted octanol–water partition coefficient (Wildman–Crippen LogP) is 4.68. The second-order valence-electron chi connectivity index (χ2n) is 4.05. The Kier molecular flexibility index (Phi) is 4.50. The molecule has 2 nitrogen and oxygen atoms in total. The number of anilines is 1. The predicted molar refractivity (Wildman–Crippen MR) is 87.0 cm³/mol. The Morgan fingerprint density at radius 2 is 2.06 bits per heavy atom. The summed E-state index contributed by atoms with van der Waals surface area (Å²) < 4.78 is 1.98. The third-order valence-corrected chi connectivity index (χ3v) is 4.57. The maximum Gasteiger partial charge on any atom is 0.129 e. The lowest BCUT2D eigenvalue weighted by molar-refractivity contribution is 0.471. The molecule has 2 aromatic rings. The number of hydrogen-bond donors (Lipinski definition) is 2. The first kappa shape index (κ1) is 13.7. The van der Waals surface area contributed by atoms with Gasteiger partial charge in [0.2, 0.25) is 0 Å². The van der Waals surface area contributed by atoms with Crippen molar-refractivity contribution in [3.8, 4) is 5.75 Å². The molecule has 0 aromatic heterocycles. The minimum Gasteiger partial charge on any atom is -0.507 e. The number of phenolic OH excluding ortho intramolecular Hbond substituents is 1. The Bertz CT molecular complexity index is 572. The summed E-state index contributed by atoms with van der Waals surface area (Å²) in [6.07, 6.45) is 0. The quantitative estimate of drug-likeness (QED) is 0.710. The zero-order valence-electron chi connectivity index (χ0n) is 9.87. The zero-order valence-corrected chi connectivity index (χ0v) is 13.6. The molecule has 94 valence electrons. The van der Waals surface area contributed by atoms with Crippen LogP contribution in [0.25, 0.3) is 0 Å². The highest BCUT2D eigenvalue weighted by Crippen LogP contribution is 2.25. The maximum absolute atomic E-state index is 9.44. The molecule has 0 radical (unpaired) electrons. The van der Waals surface area contributed by atoms with Gasteiger partial charge in [0.25, 0.3) is 0 Å². The van der Waals surface area contributed by atoms with E-state index in [0.717, 1.165) is 22.3 Å². The number of benzene rings is 2. The zero-order chi connectivity index (χ0) is 13.1. The molecule has 0 aliphatic rings. The molecular formula is C14H13BrINO. The molecule has 0 bridgehead atoms. The van der Waals surface area contributed by atoms with Crippen molar-refractivity contribution in [2.24, 2.45) is 0 Å². The van der Waals surface area contributed by atoms with E-state index in [1.54, 1.807) is 6.07 Å². The van der Waals surface area contributed by atoms with Crippen molar-refractivity contribution in [1.29, 1.82) is 0 Å². The van der Waals surface area contributed by atoms with E-state index in [0.29, 0.717) is 0 Å². The Morgan fingerprint density at radius 1 is 1.28 bits per heavy atom. The summed E-state index contributed by atoms with van der Waals surface area (Å²) in [5.41, 5.74) is 3.53. The summed E-state index contributed by atoms with van der Waals surface area (Å²) in [4.78, 5) is 0. The van der Waals surface area contributed by atoms with Gasteiger partial charge in [-0.25, -0.2) is 0 Å². The minimum absolute atomic E-state index is 0.268. The first-order valence-electron chi connectivity index (χ1n) is 5.54. The number of nitrogens with one attached hydrogen (secondary N) is 1. The Hall–Kier alpha value is -0.750. The van der Waals surface area contributed by atoms with Crippen LogP contribution in [0.2, 0.25) is 0 Å². The van der Waals surface area contributed by atoms with Crippen molar-refractivity contribution in [2.75, 3.05) is 5.32 Å². The second kappa shape index (κ2) is 5.93. The van der Waals surface area contributed by atoms with Crippen LogP contribution in [0, 0.1) is 10.5 Å². The van der Waals surface area contributed by atoms with Crippen molar-refractivity contribution in [3.63, 3.8) is 0 Å². The largest absolute Gasteiger partial charge is 0.507 e. The summed E-state index contributed by atoms with van der Waals surface area (Å²) in [6.45, 7) is 2.84. The molecule has 4 heteroatoms. The fourth-order valence-corrected chi connectivity index (χ4v) is 2.58. The Morgan fingerprint density at radius 3 is 2.78 bits per heavy atom. The second-order valence-corrected chi connectivity index (χ2v) is 6.07. The van der Waals surface area contributed by atoms with Crippen LogP contribution in [0.1, 0.15) is 11.1 Å². The lowest BCUT2D eigenvalue weighted by Gasteiger charge is -2.11. The van der Waals surface area contributed by atoms with Gasteiger partial charge in [-0.2, -0.15) is 0 Å². The van der Waals surface area contributed by atoms with Gasteiger partial charge < -0.3 is 10.4 Å². The van der Waals surface area contributed by atoms with E-state index < -0.39 is 0 Å². The molecule has 2 N–H and O–H groups in total. The number of aromatic hydroxyl groups is 1. The van der Waals surface area contributed by atoms with Crippen LogP contribution in [0.15, 0.2) is 40.9 Å². The average Bonchev–Trinajstić information content (AvgIpc) is 2.35. The third kappa shape index (κ3) is 3.17. The number of rotatable bonds is 3. The highest BCUT2D eigenvalue weighted by molar-refractivity contribution is 14.1. The van der Waals surface area contributed by atoms with Crippen LogP contribution in [0.3, 0.4) is 0 Å². The number of hydrogen-bond acceptors (Lipinski definition) is 2. The molecule has 0 fully saturated rings. The monoisotopic (exact) mass is 417 g/mol. The van der Waals surface area contributed by atoms with E-state index in [4.69, 9.17) is 0 Å². The molecule has 0 amide bonds. The van der Waals surface area contributed by atoms with Crippen molar-refractivity contribution in [1.82, 2.24) is 0 Å². The standard InChI is InChI=1S/C14H13BrINO/c1-9-12(16)3-2-4-13(9)17-8-10-5-6-14(18)11(15)7-10/h2-7,17-18H,8H2,1H3. The van der Waals surface area contributed by atoms with E-state index in [9.17, 15) is 5.11 Å². The van der Waals surface area contributed by atoms with Crippen LogP contribution in [0.4, 0.5) is 5.69 Å². The van der Waals surface area contributed by atoms with Gasteiger partial charge in [0.15, 0.2) is 0 Å². The van der Waals surface area contributed by atoms with E-state index >= 15 is 0 Å². The molecule has 0 saturated heterocycles. The topological polar surface area (TPSA) is 32.3 Å². The fraction of sp³-hybridized carbons (Fsp3) is 0.143. The summed E-state index contributed by atoms with van der Waals surface area (Å²) in [6, 6.07) is 11.7.